The summed E-state index contributed by atoms with van der Waals surface area (Å²) in [5.74, 6) is 3.82. The molecule has 11 heterocycles. The Balaban J connectivity index is 0.000000138. The second kappa shape index (κ2) is 31.7. The number of hydrogen-bond acceptors (Lipinski definition) is 24. The summed E-state index contributed by atoms with van der Waals surface area (Å²) in [6.07, 6.45) is 29.3. The number of methoxy groups -OCH3 is 3. The number of aliphatic hydroxyl groups is 3. The molecule has 15 rings (SSSR count). The van der Waals surface area contributed by atoms with Gasteiger partial charge in [0.05, 0.1) is 109 Å². The second-order valence-corrected chi connectivity index (χ2v) is 31.2. The number of aryl methyl sites for hydroxylation is 1. The molecule has 4 saturated carbocycles. The number of aromatic nitrogens is 17. The van der Waals surface area contributed by atoms with E-state index >= 15 is 0 Å². The number of nitrogens with one attached hydrogen (secondary N) is 3. The minimum atomic E-state index is -3.00. The summed E-state index contributed by atoms with van der Waals surface area (Å²) in [6, 6.07) is 7.12. The number of likely N-dealkylation sites (tertiary alicyclic amines) is 1. The van der Waals surface area contributed by atoms with Gasteiger partial charge in [-0.3, -0.25) is 18.8 Å². The number of carbonyl (C=O) groups is 1. The predicted octanol–water partition coefficient (Wildman–Crippen LogP) is 8.07. The summed E-state index contributed by atoms with van der Waals surface area (Å²) in [6.45, 7) is 12.9. The van der Waals surface area contributed by atoms with E-state index in [0.29, 0.717) is 99.6 Å². The van der Waals surface area contributed by atoms with E-state index in [1.54, 1.807) is 39.9 Å². The quantitative estimate of drug-likeness (QED) is 0.0352. The topological polar surface area (TPSA) is 362 Å². The number of amides is 1. The van der Waals surface area contributed by atoms with Crippen LogP contribution in [0.25, 0.3) is 49.9 Å². The first-order valence-electron chi connectivity index (χ1n) is 36.0. The fraction of sp³-hybridized carbons (Fsp3) is 0.577. The summed E-state index contributed by atoms with van der Waals surface area (Å²) in [7, 11) is 2.02. The van der Waals surface area contributed by atoms with Gasteiger partial charge in [-0.1, -0.05) is 5.16 Å². The molecule has 552 valence electrons. The molecule has 3 atom stereocenters. The fourth-order valence-corrected chi connectivity index (χ4v) is 16.1. The zero-order chi connectivity index (χ0) is 72.2. The van der Waals surface area contributed by atoms with Gasteiger partial charge < -0.3 is 54.9 Å². The maximum atomic E-state index is 11.8. The zero-order valence-corrected chi connectivity index (χ0v) is 61.0. The number of rotatable bonds is 23. The van der Waals surface area contributed by atoms with E-state index in [4.69, 9.17) is 34.0 Å². The summed E-state index contributed by atoms with van der Waals surface area (Å²) in [4.78, 5) is 31.3. The summed E-state index contributed by atoms with van der Waals surface area (Å²) in [5.41, 5.74) is 12.2. The molecule has 0 bridgehead atoms. The first kappa shape index (κ1) is 72.6. The lowest BCUT2D eigenvalue weighted by Crippen LogP contribution is -2.49. The number of ether oxygens (including phenoxy) is 3. The minimum Gasteiger partial charge on any atom is -0.393 e. The van der Waals surface area contributed by atoms with Crippen molar-refractivity contribution in [1.82, 2.24) is 88.2 Å². The first-order valence-corrected chi connectivity index (χ1v) is 37.9. The van der Waals surface area contributed by atoms with E-state index in [1.807, 2.05) is 98.2 Å². The molecule has 103 heavy (non-hydrogen) atoms. The van der Waals surface area contributed by atoms with Gasteiger partial charge in [0, 0.05) is 159 Å². The fourth-order valence-electron chi connectivity index (χ4n) is 14.9. The van der Waals surface area contributed by atoms with E-state index in [2.05, 4.69) is 80.7 Å². The number of aliphatic hydroxyl groups excluding tert-OH is 3. The number of hydrogen-bond donors (Lipinski definition) is 6. The van der Waals surface area contributed by atoms with Gasteiger partial charge in [0.2, 0.25) is 29.6 Å². The molecular formula is C71H97N21O10S. The average molecular weight is 1440 g/mol. The smallest absolute Gasteiger partial charge is 0.241 e. The number of carbonyl (C=O) groups excluding carboxylic acids is 1. The Hall–Kier alpha value is -8.79. The molecule has 32 heteroatoms. The molecule has 0 aromatic carbocycles. The molecule has 4 aliphatic carbocycles. The lowest BCUT2D eigenvalue weighted by atomic mass is 9.85. The van der Waals surface area contributed by atoms with Crippen LogP contribution in [-0.2, 0) is 35.4 Å². The van der Waals surface area contributed by atoms with Crippen molar-refractivity contribution in [3.63, 3.8) is 0 Å². The van der Waals surface area contributed by atoms with Crippen LogP contribution in [0.4, 0.5) is 17.8 Å². The standard InChI is InChI=1S/C24H33N7O3.C24H34N6O4S.C23H30N8O3/c1-15(14-34-3)27-24-25-10-23-21(8-22(31(23)28-24)17-4-6-20(33)7-5-17)18-9-26-30(11-18)19-12-29(13-19)16(2)32;1-15(14-34-2)27-24-25-12-23-21(10-22(30(23)28-24)16-4-6-19(31)7-5-16)17-11-26-29(13-17)18-8-20(9-18)35(3,32)33;1-14(13-33-3)26-23-24-10-21-19(8-20(31(21)28-23)16-4-6-18(32)7-5-16)17-9-25-30(11-17)12-22-27-15(2)34-29-22/h8-11,15,17,19-20,33H,4-7,12-14H2,1-3H3,(H,27,28);10-13,15-16,18-20,31H,4-9,14H2,1-3H3,(H,27,28);8-11,14,16,18,32H,4-7,12-13H2,1-3H3,(H,26,28)/t15-,17?,20?;15-,16?,18?,19?,20?;14-,16?,18?/m000/s1. The Morgan fingerprint density at radius 3 is 1.30 bits per heavy atom. The van der Waals surface area contributed by atoms with Crippen LogP contribution in [0.2, 0.25) is 0 Å². The average Bonchev–Trinajstić information content (AvgIpc) is 1.62. The number of anilines is 3. The SMILES string of the molecule is COC[C@H](C)Nc1ncc2c(-c3cnn(C4CC(S(C)(=O)=O)C4)c3)cc(C3CCC(O)CC3)n2n1.COC[C@H](C)Nc1ncc2c(-c3cnn(C4CN(C(C)=O)C4)c3)cc(C3CCC(O)CC3)n2n1.COC[C@H](C)Nc1ncc2c(-c3cnn(Cc4noc(C)n4)c3)cc(C3CCC(O)CC3)n2n1. The molecule has 10 aromatic heterocycles. The van der Waals surface area contributed by atoms with Crippen LogP contribution in [0.3, 0.4) is 0 Å². The Morgan fingerprint density at radius 2 is 0.942 bits per heavy atom. The van der Waals surface area contributed by atoms with Crippen LogP contribution in [0.5, 0.6) is 0 Å². The van der Waals surface area contributed by atoms with Crippen LogP contribution in [0.1, 0.15) is 176 Å². The van der Waals surface area contributed by atoms with Crippen molar-refractivity contribution >= 4 is 50.1 Å². The Morgan fingerprint density at radius 1 is 0.563 bits per heavy atom. The van der Waals surface area contributed by atoms with E-state index in [0.717, 1.165) is 144 Å². The maximum Gasteiger partial charge on any atom is 0.241 e. The molecule has 1 aliphatic heterocycles. The minimum absolute atomic E-state index is 0.0669. The molecule has 10 aromatic rings. The third-order valence-corrected chi connectivity index (χ3v) is 22.3. The number of sulfone groups is 1. The molecule has 1 saturated heterocycles. The van der Waals surface area contributed by atoms with Crippen molar-refractivity contribution in [2.45, 2.75) is 203 Å². The van der Waals surface area contributed by atoms with Gasteiger partial charge in [0.15, 0.2) is 5.82 Å². The van der Waals surface area contributed by atoms with Gasteiger partial charge >= 0.3 is 0 Å². The molecule has 5 fully saturated rings. The van der Waals surface area contributed by atoms with Crippen molar-refractivity contribution in [3.05, 3.63) is 103 Å². The zero-order valence-electron chi connectivity index (χ0n) is 60.2. The highest BCUT2D eigenvalue weighted by atomic mass is 32.2. The molecule has 1 amide bonds. The van der Waals surface area contributed by atoms with Gasteiger partial charge in [0.25, 0.3) is 0 Å². The molecule has 31 nitrogen and oxygen atoms in total. The highest BCUT2D eigenvalue weighted by Gasteiger charge is 2.39. The van der Waals surface area contributed by atoms with Crippen molar-refractivity contribution in [2.24, 2.45) is 0 Å². The van der Waals surface area contributed by atoms with Crippen molar-refractivity contribution in [3.8, 4) is 33.4 Å². The monoisotopic (exact) mass is 1440 g/mol. The second-order valence-electron chi connectivity index (χ2n) is 28.8. The van der Waals surface area contributed by atoms with E-state index < -0.39 is 9.84 Å². The van der Waals surface area contributed by atoms with E-state index in [-0.39, 0.29) is 59.7 Å². The summed E-state index contributed by atoms with van der Waals surface area (Å²) in [5, 5.41) is 71.8. The summed E-state index contributed by atoms with van der Waals surface area (Å²) < 4.78 is 55.9. The van der Waals surface area contributed by atoms with Crippen LogP contribution in [-0.4, -0.2) is 220 Å². The van der Waals surface area contributed by atoms with Gasteiger partial charge in [0.1, 0.15) is 16.4 Å². The molecule has 5 aliphatic rings. The van der Waals surface area contributed by atoms with Gasteiger partial charge in [-0.05, 0) is 129 Å². The molecular weight excluding hydrogens is 1340 g/mol. The molecule has 6 N–H and O–H groups in total. The third kappa shape index (κ3) is 16.7. The summed E-state index contributed by atoms with van der Waals surface area (Å²) >= 11 is 0. The van der Waals surface area contributed by atoms with Crippen molar-refractivity contribution < 1.29 is 47.3 Å². The van der Waals surface area contributed by atoms with Crippen molar-refractivity contribution in [2.75, 3.05) is 76.4 Å². The third-order valence-electron chi connectivity index (χ3n) is 20.7. The van der Waals surface area contributed by atoms with Crippen LogP contribution >= 0.6 is 0 Å². The largest absolute Gasteiger partial charge is 0.393 e. The van der Waals surface area contributed by atoms with E-state index in [9.17, 15) is 28.5 Å². The van der Waals surface area contributed by atoms with Gasteiger partial charge in [-0.2, -0.15) is 20.3 Å². The lowest BCUT2D eigenvalue weighted by Gasteiger charge is -2.38. The maximum absolute atomic E-state index is 11.8. The Kier molecular flexibility index (Phi) is 22.3. The number of nitrogens with zero attached hydrogens (tertiary/aromatic N) is 18. The molecule has 0 radical (unpaired) electrons. The van der Waals surface area contributed by atoms with E-state index in [1.165, 1.54) is 6.26 Å². The van der Waals surface area contributed by atoms with Crippen LogP contribution in [0, 0.1) is 6.92 Å². The number of fused-ring (bicyclic) bond motifs is 3. The Labute approximate surface area is 598 Å². The highest BCUT2D eigenvalue weighted by Crippen LogP contribution is 2.43. The molecule has 0 unspecified atom stereocenters. The lowest BCUT2D eigenvalue weighted by molar-refractivity contribution is -0.134. The Bertz CT molecular complexity index is 4620. The normalized spacial score (nSPS) is 22.5. The molecule has 0 spiro atoms. The first-order chi connectivity index (χ1) is 49.6. The van der Waals surface area contributed by atoms with Gasteiger partial charge in [-0.15, -0.1) is 15.3 Å². The van der Waals surface area contributed by atoms with Crippen molar-refractivity contribution in [1.29, 1.82) is 0 Å². The van der Waals surface area contributed by atoms with Crippen LogP contribution < -0.4 is 16.0 Å². The van der Waals surface area contributed by atoms with Crippen LogP contribution in [0.15, 0.2) is 78.5 Å². The predicted molar refractivity (Wildman–Crippen MR) is 385 cm³/mol. The van der Waals surface area contributed by atoms with Gasteiger partial charge in [-0.25, -0.2) is 36.9 Å². The highest BCUT2D eigenvalue weighted by molar-refractivity contribution is 7.91.